The number of piperidine rings is 1. The number of hydrogen-bond donors (Lipinski definition) is 2. The Kier molecular flexibility index (Phi) is 8.97. The van der Waals surface area contributed by atoms with E-state index in [1.165, 1.54) is 0 Å². The van der Waals surface area contributed by atoms with Crippen LogP contribution in [0.25, 0.3) is 22.2 Å². The van der Waals surface area contributed by atoms with Gasteiger partial charge in [0.05, 0.1) is 5.56 Å². The van der Waals surface area contributed by atoms with Gasteiger partial charge in [0, 0.05) is 55.7 Å². The van der Waals surface area contributed by atoms with E-state index in [0.29, 0.717) is 48.8 Å². The lowest BCUT2D eigenvalue weighted by Crippen LogP contribution is -2.37. The van der Waals surface area contributed by atoms with Gasteiger partial charge in [0.15, 0.2) is 0 Å². The molecule has 4 heterocycles. The number of halogens is 1. The molecule has 0 bridgehead atoms. The maximum absolute atomic E-state index is 15.5. The molecule has 0 amide bonds. The van der Waals surface area contributed by atoms with Crippen molar-refractivity contribution >= 4 is 22.7 Å². The predicted octanol–water partition coefficient (Wildman–Crippen LogP) is 4.93. The van der Waals surface area contributed by atoms with Crippen LogP contribution in [0.2, 0.25) is 0 Å². The van der Waals surface area contributed by atoms with Crippen molar-refractivity contribution in [1.29, 1.82) is 0 Å². The van der Waals surface area contributed by atoms with Gasteiger partial charge in [0.1, 0.15) is 23.3 Å². The molecule has 2 aromatic heterocycles. The summed E-state index contributed by atoms with van der Waals surface area (Å²) in [6.07, 6.45) is 5.76. The van der Waals surface area contributed by atoms with Gasteiger partial charge in [0.2, 0.25) is 5.95 Å². The third-order valence-corrected chi connectivity index (χ3v) is 8.24. The summed E-state index contributed by atoms with van der Waals surface area (Å²) in [5, 5.41) is 7.27. The molecule has 0 spiro atoms. The molecule has 2 aliphatic rings. The van der Waals surface area contributed by atoms with Crippen LogP contribution in [0.1, 0.15) is 37.2 Å². The van der Waals surface area contributed by atoms with Gasteiger partial charge in [-0.25, -0.2) is 9.37 Å². The molecule has 0 aliphatic carbocycles. The van der Waals surface area contributed by atoms with Crippen LogP contribution in [-0.4, -0.2) is 72.5 Å². The van der Waals surface area contributed by atoms with Crippen molar-refractivity contribution < 1.29 is 13.9 Å². The Morgan fingerprint density at radius 2 is 1.91 bits per heavy atom. The van der Waals surface area contributed by atoms with Gasteiger partial charge in [-0.2, -0.15) is 4.98 Å². The van der Waals surface area contributed by atoms with Gasteiger partial charge in [-0.1, -0.05) is 12.1 Å². The van der Waals surface area contributed by atoms with Crippen molar-refractivity contribution in [3.63, 3.8) is 0 Å². The first kappa shape index (κ1) is 29.2. The summed E-state index contributed by atoms with van der Waals surface area (Å²) in [6.45, 7) is 4.29. The molecule has 0 saturated carbocycles. The highest BCUT2D eigenvalue weighted by Gasteiger charge is 2.20. The molecule has 1 unspecified atom stereocenters. The highest BCUT2D eigenvalue weighted by atomic mass is 19.1. The number of aromatic nitrogens is 3. The molecule has 9 nitrogen and oxygen atoms in total. The van der Waals surface area contributed by atoms with Gasteiger partial charge in [0.25, 0.3) is 5.56 Å². The first-order valence-electron chi connectivity index (χ1n) is 15.1. The summed E-state index contributed by atoms with van der Waals surface area (Å²) in [5.41, 5.74) is 2.56. The zero-order valence-corrected chi connectivity index (χ0v) is 24.8. The van der Waals surface area contributed by atoms with E-state index < -0.39 is 5.82 Å². The number of fused-ring (bicyclic) bond motifs is 1. The first-order chi connectivity index (χ1) is 20.9. The smallest absolute Gasteiger partial charge is 0.260 e. The van der Waals surface area contributed by atoms with Gasteiger partial charge >= 0.3 is 0 Å². The third-order valence-electron chi connectivity index (χ3n) is 8.24. The van der Waals surface area contributed by atoms with Crippen molar-refractivity contribution in [2.75, 3.05) is 52.3 Å². The summed E-state index contributed by atoms with van der Waals surface area (Å²) in [5.74, 6) is 1.06. The molecule has 2 aromatic carbocycles. The van der Waals surface area contributed by atoms with Gasteiger partial charge < -0.3 is 25.0 Å². The van der Waals surface area contributed by atoms with Crippen molar-refractivity contribution in [3.8, 4) is 16.9 Å². The molecule has 2 fully saturated rings. The van der Waals surface area contributed by atoms with E-state index >= 15 is 4.39 Å². The highest BCUT2D eigenvalue weighted by Crippen LogP contribution is 2.31. The van der Waals surface area contributed by atoms with E-state index in [9.17, 15) is 4.79 Å². The fourth-order valence-corrected chi connectivity index (χ4v) is 5.81. The van der Waals surface area contributed by atoms with Crippen LogP contribution in [0.3, 0.4) is 0 Å². The zero-order valence-electron chi connectivity index (χ0n) is 24.8. The summed E-state index contributed by atoms with van der Waals surface area (Å²) in [7, 11) is 3.90. The van der Waals surface area contributed by atoms with Crippen LogP contribution < -0.4 is 20.9 Å². The second-order valence-electron chi connectivity index (χ2n) is 11.7. The van der Waals surface area contributed by atoms with E-state index in [4.69, 9.17) is 14.5 Å². The highest BCUT2D eigenvalue weighted by molar-refractivity contribution is 5.82. The number of nitrogens with zero attached hydrogens (tertiary/aromatic N) is 4. The molecule has 2 saturated heterocycles. The Morgan fingerprint density at radius 1 is 1.09 bits per heavy atom. The number of rotatable bonds is 9. The molecule has 226 valence electrons. The maximum Gasteiger partial charge on any atom is 0.260 e. The topological polar surface area (TPSA) is 93.5 Å². The summed E-state index contributed by atoms with van der Waals surface area (Å²) < 4.78 is 28.7. The Labute approximate surface area is 251 Å². The fourth-order valence-electron chi connectivity index (χ4n) is 5.81. The number of benzene rings is 2. The first-order valence-corrected chi connectivity index (χ1v) is 15.1. The minimum absolute atomic E-state index is 0.179. The van der Waals surface area contributed by atoms with Crippen LogP contribution in [0.15, 0.2) is 59.5 Å². The monoisotopic (exact) mass is 586 g/mol. The number of pyridine rings is 1. The predicted molar refractivity (Wildman–Crippen MR) is 167 cm³/mol. The van der Waals surface area contributed by atoms with Crippen LogP contribution in [0, 0.1) is 5.82 Å². The maximum atomic E-state index is 15.5. The average Bonchev–Trinajstić information content (AvgIpc) is 3.02. The van der Waals surface area contributed by atoms with Crippen LogP contribution in [0.5, 0.6) is 5.75 Å². The Balaban J connectivity index is 1.28. The third kappa shape index (κ3) is 6.87. The number of ether oxygens (including phenoxy) is 2. The Bertz CT molecular complexity index is 1610. The van der Waals surface area contributed by atoms with Gasteiger partial charge in [-0.05, 0) is 94.2 Å². The lowest BCUT2D eigenvalue weighted by Gasteiger charge is -2.24. The molecule has 4 aromatic rings. The summed E-state index contributed by atoms with van der Waals surface area (Å²) >= 11 is 0. The lowest BCUT2D eigenvalue weighted by atomic mass is 9.90. The van der Waals surface area contributed by atoms with E-state index in [1.54, 1.807) is 29.0 Å². The quantitative estimate of drug-likeness (QED) is 0.285. The zero-order chi connectivity index (χ0) is 29.8. The standard InChI is InChI=1S/C33H39FN6O3/c1-39(2)14-15-40-31-24(18-29(32(40)41)28-10-5-23(19-30(28)34)22-11-16-42-17-12-22)20-36-33(38-31)37-25-6-8-26(9-7-25)43-27-4-3-13-35-21-27/h5-10,18-20,22,27,35H,3-4,11-17,21H2,1-2H3,(H,36,37,38). The Hall–Kier alpha value is -3.86. The fraction of sp³-hybridized carbons (Fsp3) is 0.424. The molecule has 1 atom stereocenters. The number of hydrogen-bond acceptors (Lipinski definition) is 8. The molecule has 43 heavy (non-hydrogen) atoms. The second kappa shape index (κ2) is 13.2. The molecule has 6 rings (SSSR count). The summed E-state index contributed by atoms with van der Waals surface area (Å²) in [6, 6.07) is 14.7. The SMILES string of the molecule is CN(C)CCn1c(=O)c(-c2ccc(C3CCOCC3)cc2F)cc2cnc(Nc3ccc(OC4CCCNC4)cc3)nc21. The lowest BCUT2D eigenvalue weighted by molar-refractivity contribution is 0.0853. The van der Waals surface area contributed by atoms with Crippen LogP contribution in [0.4, 0.5) is 16.0 Å². The minimum Gasteiger partial charge on any atom is -0.489 e. The second-order valence-corrected chi connectivity index (χ2v) is 11.7. The molecular formula is C33H39FN6O3. The van der Waals surface area contributed by atoms with E-state index in [2.05, 4.69) is 15.6 Å². The average molecular weight is 587 g/mol. The van der Waals surface area contributed by atoms with Crippen molar-refractivity contribution in [2.24, 2.45) is 0 Å². The molecule has 10 heteroatoms. The van der Waals surface area contributed by atoms with Crippen molar-refractivity contribution in [1.82, 2.24) is 24.8 Å². The number of likely N-dealkylation sites (N-methyl/N-ethyl adjacent to an activating group) is 1. The Morgan fingerprint density at radius 3 is 2.63 bits per heavy atom. The van der Waals surface area contributed by atoms with Crippen molar-refractivity contribution in [3.05, 3.63) is 76.5 Å². The van der Waals surface area contributed by atoms with E-state index in [0.717, 1.165) is 55.8 Å². The minimum atomic E-state index is -0.397. The number of nitrogens with one attached hydrogen (secondary N) is 2. The number of anilines is 2. The van der Waals surface area contributed by atoms with E-state index in [-0.39, 0.29) is 23.1 Å². The van der Waals surface area contributed by atoms with E-state index in [1.807, 2.05) is 49.3 Å². The van der Waals surface area contributed by atoms with Crippen molar-refractivity contribution in [2.45, 2.75) is 44.2 Å². The van der Waals surface area contributed by atoms with Gasteiger partial charge in [-0.3, -0.25) is 9.36 Å². The molecule has 2 N–H and O–H groups in total. The molecule has 0 radical (unpaired) electrons. The summed E-state index contributed by atoms with van der Waals surface area (Å²) in [4.78, 5) is 25.1. The largest absolute Gasteiger partial charge is 0.489 e. The normalized spacial score (nSPS) is 17.8. The molecule has 2 aliphatic heterocycles. The van der Waals surface area contributed by atoms with Gasteiger partial charge in [-0.15, -0.1) is 0 Å². The van der Waals surface area contributed by atoms with Crippen LogP contribution in [-0.2, 0) is 11.3 Å². The molecular weight excluding hydrogens is 547 g/mol. The van der Waals surface area contributed by atoms with Crippen LogP contribution >= 0.6 is 0 Å².